The molecule has 1 aliphatic heterocycles. The predicted octanol–water partition coefficient (Wildman–Crippen LogP) is 1.39. The number of hydrogen-bond acceptors (Lipinski definition) is 5. The van der Waals surface area contributed by atoms with Gasteiger partial charge in [-0.25, -0.2) is 0 Å². The van der Waals surface area contributed by atoms with Gasteiger partial charge in [0.15, 0.2) is 11.5 Å². The fraction of sp³-hybridized carbons (Fsp3) is 0.538. The van der Waals surface area contributed by atoms with Gasteiger partial charge in [0.05, 0.1) is 18.8 Å². The van der Waals surface area contributed by atoms with Crippen LogP contribution >= 0.6 is 0 Å². The van der Waals surface area contributed by atoms with Crippen molar-refractivity contribution in [2.24, 2.45) is 5.84 Å². The highest BCUT2D eigenvalue weighted by molar-refractivity contribution is 5.44. The molecule has 5 heteroatoms. The van der Waals surface area contributed by atoms with Crippen molar-refractivity contribution in [2.45, 2.75) is 26.0 Å². The van der Waals surface area contributed by atoms with Gasteiger partial charge in [0.1, 0.15) is 13.2 Å². The molecule has 0 fully saturated rings. The monoisotopic (exact) mass is 252 g/mol. The lowest BCUT2D eigenvalue weighted by atomic mass is 10.1. The molecule has 1 atom stereocenters. The molecule has 18 heavy (non-hydrogen) atoms. The lowest BCUT2D eigenvalue weighted by Gasteiger charge is -2.22. The third kappa shape index (κ3) is 3.13. The van der Waals surface area contributed by atoms with Crippen LogP contribution in [0.4, 0.5) is 0 Å². The number of hydrazine groups is 1. The van der Waals surface area contributed by atoms with E-state index in [2.05, 4.69) is 5.43 Å². The van der Waals surface area contributed by atoms with E-state index in [4.69, 9.17) is 20.1 Å². The highest BCUT2D eigenvalue weighted by Gasteiger charge is 2.16. The summed E-state index contributed by atoms with van der Waals surface area (Å²) >= 11 is 0. The van der Waals surface area contributed by atoms with E-state index in [9.17, 15) is 0 Å². The predicted molar refractivity (Wildman–Crippen MR) is 68.6 cm³/mol. The van der Waals surface area contributed by atoms with Crippen molar-refractivity contribution in [2.75, 3.05) is 19.8 Å². The summed E-state index contributed by atoms with van der Waals surface area (Å²) < 4.78 is 16.6. The fourth-order valence-electron chi connectivity index (χ4n) is 1.81. The molecule has 0 radical (unpaired) electrons. The Kier molecular flexibility index (Phi) is 4.41. The SMILES string of the molecule is CC(C)OCC(NN)c1ccc2c(c1)OCCO2. The summed E-state index contributed by atoms with van der Waals surface area (Å²) in [4.78, 5) is 0. The first-order valence-corrected chi connectivity index (χ1v) is 6.18. The highest BCUT2D eigenvalue weighted by Crippen LogP contribution is 2.32. The molecule has 2 rings (SSSR count). The topological polar surface area (TPSA) is 65.7 Å². The van der Waals surface area contributed by atoms with Crippen LogP contribution in [0.2, 0.25) is 0 Å². The highest BCUT2D eigenvalue weighted by atomic mass is 16.6. The summed E-state index contributed by atoms with van der Waals surface area (Å²) in [6, 6.07) is 5.77. The summed E-state index contributed by atoms with van der Waals surface area (Å²) in [5, 5.41) is 0. The molecule has 100 valence electrons. The maximum Gasteiger partial charge on any atom is 0.161 e. The minimum absolute atomic E-state index is 0.0526. The van der Waals surface area contributed by atoms with E-state index >= 15 is 0 Å². The van der Waals surface area contributed by atoms with Crippen LogP contribution in [0.3, 0.4) is 0 Å². The molecule has 0 saturated heterocycles. The molecule has 0 bridgehead atoms. The Balaban J connectivity index is 2.10. The van der Waals surface area contributed by atoms with E-state index in [1.165, 1.54) is 0 Å². The van der Waals surface area contributed by atoms with Gasteiger partial charge in [-0.2, -0.15) is 0 Å². The molecule has 3 N–H and O–H groups in total. The third-order valence-electron chi connectivity index (χ3n) is 2.77. The number of nitrogens with two attached hydrogens (primary N) is 1. The maximum absolute atomic E-state index is 5.58. The van der Waals surface area contributed by atoms with Crippen molar-refractivity contribution in [1.29, 1.82) is 0 Å². The molecule has 1 aliphatic rings. The molecule has 0 amide bonds. The van der Waals surface area contributed by atoms with Crippen LogP contribution in [-0.4, -0.2) is 25.9 Å². The van der Waals surface area contributed by atoms with Crippen LogP contribution in [-0.2, 0) is 4.74 Å². The zero-order valence-corrected chi connectivity index (χ0v) is 10.8. The second kappa shape index (κ2) is 6.04. The average molecular weight is 252 g/mol. The van der Waals surface area contributed by atoms with Crippen molar-refractivity contribution < 1.29 is 14.2 Å². The van der Waals surface area contributed by atoms with Crippen molar-refractivity contribution in [3.63, 3.8) is 0 Å². The smallest absolute Gasteiger partial charge is 0.161 e. The van der Waals surface area contributed by atoms with Crippen LogP contribution < -0.4 is 20.7 Å². The Hall–Kier alpha value is -1.30. The number of hydrogen-bond donors (Lipinski definition) is 2. The Labute approximate surface area is 107 Å². The standard InChI is InChI=1S/C13H20N2O3/c1-9(2)18-8-11(15-14)10-3-4-12-13(7-10)17-6-5-16-12/h3-4,7,9,11,15H,5-6,8,14H2,1-2H3. The van der Waals surface area contributed by atoms with E-state index in [-0.39, 0.29) is 12.1 Å². The van der Waals surface area contributed by atoms with E-state index in [0.717, 1.165) is 17.1 Å². The number of nitrogens with one attached hydrogen (secondary N) is 1. The summed E-state index contributed by atoms with van der Waals surface area (Å²) in [7, 11) is 0. The van der Waals surface area contributed by atoms with Crippen molar-refractivity contribution in [1.82, 2.24) is 5.43 Å². The second-order valence-electron chi connectivity index (χ2n) is 4.50. The van der Waals surface area contributed by atoms with Gasteiger partial charge < -0.3 is 14.2 Å². The number of benzene rings is 1. The fourth-order valence-corrected chi connectivity index (χ4v) is 1.81. The molecular formula is C13H20N2O3. The summed E-state index contributed by atoms with van der Waals surface area (Å²) in [5.41, 5.74) is 3.79. The van der Waals surface area contributed by atoms with Crippen LogP contribution in [0, 0.1) is 0 Å². The van der Waals surface area contributed by atoms with Crippen LogP contribution in [0.5, 0.6) is 11.5 Å². The molecule has 0 aliphatic carbocycles. The quantitative estimate of drug-likeness (QED) is 0.612. The number of fused-ring (bicyclic) bond motifs is 1. The van der Waals surface area contributed by atoms with E-state index in [0.29, 0.717) is 19.8 Å². The molecule has 1 heterocycles. The van der Waals surface area contributed by atoms with Gasteiger partial charge in [0, 0.05) is 0 Å². The number of ether oxygens (including phenoxy) is 3. The summed E-state index contributed by atoms with van der Waals surface area (Å²) in [6.45, 7) is 5.70. The molecule has 0 saturated carbocycles. The summed E-state index contributed by atoms with van der Waals surface area (Å²) in [5.74, 6) is 7.12. The zero-order valence-electron chi connectivity index (χ0n) is 10.8. The van der Waals surface area contributed by atoms with Gasteiger partial charge in [-0.05, 0) is 31.5 Å². The van der Waals surface area contributed by atoms with Gasteiger partial charge in [0.2, 0.25) is 0 Å². The lowest BCUT2D eigenvalue weighted by Crippen LogP contribution is -2.32. The minimum Gasteiger partial charge on any atom is -0.486 e. The van der Waals surface area contributed by atoms with Crippen LogP contribution in [0.1, 0.15) is 25.5 Å². The third-order valence-corrected chi connectivity index (χ3v) is 2.77. The maximum atomic E-state index is 5.58. The van der Waals surface area contributed by atoms with Gasteiger partial charge in [-0.3, -0.25) is 11.3 Å². The molecule has 1 aromatic carbocycles. The molecule has 5 nitrogen and oxygen atoms in total. The minimum atomic E-state index is -0.0526. The Morgan fingerprint density at radius 3 is 2.67 bits per heavy atom. The van der Waals surface area contributed by atoms with E-state index in [1.54, 1.807) is 0 Å². The van der Waals surface area contributed by atoms with Gasteiger partial charge >= 0.3 is 0 Å². The molecule has 0 aromatic heterocycles. The second-order valence-corrected chi connectivity index (χ2v) is 4.50. The van der Waals surface area contributed by atoms with Crippen molar-refractivity contribution in [3.8, 4) is 11.5 Å². The van der Waals surface area contributed by atoms with E-state index in [1.807, 2.05) is 32.0 Å². The molecule has 0 spiro atoms. The van der Waals surface area contributed by atoms with Gasteiger partial charge in [-0.1, -0.05) is 6.07 Å². The van der Waals surface area contributed by atoms with Gasteiger partial charge in [-0.15, -0.1) is 0 Å². The average Bonchev–Trinajstić information content (AvgIpc) is 2.39. The summed E-state index contributed by atoms with van der Waals surface area (Å²) in [6.07, 6.45) is 0.179. The van der Waals surface area contributed by atoms with Gasteiger partial charge in [0.25, 0.3) is 0 Å². The lowest BCUT2D eigenvalue weighted by molar-refractivity contribution is 0.0610. The first kappa shape index (κ1) is 13.1. The van der Waals surface area contributed by atoms with E-state index < -0.39 is 0 Å². The molecule has 1 aromatic rings. The molecule has 1 unspecified atom stereocenters. The Bertz CT molecular complexity index is 396. The van der Waals surface area contributed by atoms with Crippen LogP contribution in [0.15, 0.2) is 18.2 Å². The largest absolute Gasteiger partial charge is 0.486 e. The molecular weight excluding hydrogens is 232 g/mol. The van der Waals surface area contributed by atoms with Crippen LogP contribution in [0.25, 0.3) is 0 Å². The number of rotatable bonds is 5. The van der Waals surface area contributed by atoms with Crippen molar-refractivity contribution >= 4 is 0 Å². The first-order valence-electron chi connectivity index (χ1n) is 6.18. The van der Waals surface area contributed by atoms with Crippen molar-refractivity contribution in [3.05, 3.63) is 23.8 Å². The first-order chi connectivity index (χ1) is 8.70. The Morgan fingerprint density at radius 1 is 1.28 bits per heavy atom. The normalized spacial score (nSPS) is 15.8. The zero-order chi connectivity index (χ0) is 13.0. The Morgan fingerprint density at radius 2 is 2.00 bits per heavy atom.